The number of halogens is 2. The molecule has 3 nitrogen and oxygen atoms in total. The molecule has 0 aliphatic carbocycles. The first-order valence-corrected chi connectivity index (χ1v) is 14.6. The first-order chi connectivity index (χ1) is 19.6. The Balaban J connectivity index is 1.44. The summed E-state index contributed by atoms with van der Waals surface area (Å²) in [5, 5.41) is 0. The van der Waals surface area contributed by atoms with Crippen LogP contribution in [0.1, 0.15) is 37.0 Å². The van der Waals surface area contributed by atoms with E-state index >= 15 is 0 Å². The minimum atomic E-state index is -3.72. The van der Waals surface area contributed by atoms with Crippen LogP contribution in [0.3, 0.4) is 0 Å². The summed E-state index contributed by atoms with van der Waals surface area (Å²) in [6.45, 7) is 6.44. The van der Waals surface area contributed by atoms with Crippen molar-refractivity contribution < 1.29 is 23.0 Å². The molecule has 0 radical (unpaired) electrons. The molecule has 0 fully saturated rings. The van der Waals surface area contributed by atoms with E-state index in [1.54, 1.807) is 12.1 Å². The first kappa shape index (κ1) is 29.9. The summed E-state index contributed by atoms with van der Waals surface area (Å²) in [6, 6.07) is 33.7. The first-order valence-electron chi connectivity index (χ1n) is 13.3. The lowest BCUT2D eigenvalue weighted by molar-refractivity contribution is -0.182. The maximum atomic E-state index is 14.8. The zero-order valence-electron chi connectivity index (χ0n) is 23.6. The van der Waals surface area contributed by atoms with Gasteiger partial charge in [-0.05, 0) is 75.2 Å². The van der Waals surface area contributed by atoms with Crippen LogP contribution < -0.4 is 4.74 Å². The summed E-state index contributed by atoms with van der Waals surface area (Å²) >= 11 is 0. The van der Waals surface area contributed by atoms with E-state index in [9.17, 15) is 13.6 Å². The van der Waals surface area contributed by atoms with Crippen LogP contribution in [-0.2, 0) is 20.4 Å². The van der Waals surface area contributed by atoms with Gasteiger partial charge in [0.05, 0.1) is 23.9 Å². The molecular formula is C35H33F2O3S+. The van der Waals surface area contributed by atoms with E-state index in [2.05, 4.69) is 36.1 Å². The Labute approximate surface area is 243 Å². The van der Waals surface area contributed by atoms with E-state index in [1.807, 2.05) is 80.6 Å². The topological polar surface area (TPSA) is 35.5 Å². The van der Waals surface area contributed by atoms with Crippen molar-refractivity contribution in [3.63, 3.8) is 0 Å². The predicted molar refractivity (Wildman–Crippen MR) is 160 cm³/mol. The molecule has 0 aromatic heterocycles. The summed E-state index contributed by atoms with van der Waals surface area (Å²) in [5.74, 6) is 0.810. The van der Waals surface area contributed by atoms with Crippen LogP contribution in [0, 0.1) is 25.7 Å². The number of hydrogen-bond acceptors (Lipinski definition) is 3. The lowest BCUT2D eigenvalue weighted by Gasteiger charge is -2.23. The number of aryl methyl sites for hydroxylation is 2. The van der Waals surface area contributed by atoms with Crippen LogP contribution in [0.2, 0.25) is 0 Å². The maximum absolute atomic E-state index is 14.8. The van der Waals surface area contributed by atoms with Gasteiger partial charge < -0.3 is 9.47 Å². The molecule has 0 saturated heterocycles. The smallest absolute Gasteiger partial charge is 0.378 e. The second-order valence-electron chi connectivity index (χ2n) is 10.1. The molecule has 0 bridgehead atoms. The van der Waals surface area contributed by atoms with Crippen molar-refractivity contribution in [3.05, 3.63) is 120 Å². The van der Waals surface area contributed by atoms with Gasteiger partial charge in [-0.25, -0.2) is 4.79 Å². The third-order valence-corrected chi connectivity index (χ3v) is 8.41. The Bertz CT molecular complexity index is 1460. The molecule has 0 atom stereocenters. The molecule has 0 unspecified atom stereocenters. The molecule has 41 heavy (non-hydrogen) atoms. The fraction of sp³-hybridized carbons (Fsp3) is 0.229. The Kier molecular flexibility index (Phi) is 9.52. The van der Waals surface area contributed by atoms with Crippen molar-refractivity contribution >= 4 is 16.9 Å². The van der Waals surface area contributed by atoms with Gasteiger partial charge in [0.25, 0.3) is 0 Å². The van der Waals surface area contributed by atoms with Gasteiger partial charge in [-0.2, -0.15) is 8.78 Å². The average Bonchev–Trinajstić information content (AvgIpc) is 2.95. The second-order valence-corrected chi connectivity index (χ2v) is 12.2. The third kappa shape index (κ3) is 7.99. The largest absolute Gasteiger partial charge is 0.493 e. The number of ether oxygens (including phenoxy) is 2. The number of esters is 1. The molecule has 4 aromatic carbocycles. The Morgan fingerprint density at radius 3 is 1.78 bits per heavy atom. The number of alkyl halides is 2. The van der Waals surface area contributed by atoms with E-state index < -0.39 is 23.9 Å². The van der Waals surface area contributed by atoms with Gasteiger partial charge in [0, 0.05) is 17.7 Å². The van der Waals surface area contributed by atoms with Crippen LogP contribution in [-0.4, -0.2) is 24.1 Å². The fourth-order valence-corrected chi connectivity index (χ4v) is 6.50. The molecule has 0 saturated carbocycles. The van der Waals surface area contributed by atoms with E-state index in [1.165, 1.54) is 23.6 Å². The number of hydrogen-bond donors (Lipinski definition) is 0. The molecule has 0 aliphatic rings. The molecular weight excluding hydrogens is 538 g/mol. The lowest BCUT2D eigenvalue weighted by Crippen LogP contribution is -2.38. The molecule has 0 spiro atoms. The molecule has 210 valence electrons. The fourth-order valence-electron chi connectivity index (χ4n) is 4.24. The zero-order valence-corrected chi connectivity index (χ0v) is 24.4. The van der Waals surface area contributed by atoms with Gasteiger partial charge in [-0.15, -0.1) is 0 Å². The van der Waals surface area contributed by atoms with Crippen molar-refractivity contribution in [2.45, 2.75) is 60.3 Å². The normalized spacial score (nSPS) is 11.5. The summed E-state index contributed by atoms with van der Waals surface area (Å²) in [5.41, 5.74) is 1.00. The minimum Gasteiger partial charge on any atom is -0.493 e. The van der Waals surface area contributed by atoms with Crippen molar-refractivity contribution in [1.82, 2.24) is 0 Å². The molecule has 4 aromatic rings. The highest BCUT2D eigenvalue weighted by Gasteiger charge is 2.43. The van der Waals surface area contributed by atoms with Gasteiger partial charge in [0.15, 0.2) is 20.3 Å². The SMILES string of the molecule is Cc1cc([S+](c2ccccc2)c2ccccc2)cc(C)c1OCCC(F)(F)C(=O)OC(C)(C)C#Cc1ccccc1. The van der Waals surface area contributed by atoms with Crippen molar-refractivity contribution in [1.29, 1.82) is 0 Å². The Morgan fingerprint density at radius 1 is 0.780 bits per heavy atom. The summed E-state index contributed by atoms with van der Waals surface area (Å²) < 4.78 is 40.4. The van der Waals surface area contributed by atoms with Crippen LogP contribution in [0.4, 0.5) is 8.78 Å². The maximum Gasteiger partial charge on any atom is 0.378 e. The van der Waals surface area contributed by atoms with Gasteiger partial charge >= 0.3 is 11.9 Å². The molecule has 0 aliphatic heterocycles. The quantitative estimate of drug-likeness (QED) is 0.115. The molecule has 6 heteroatoms. The number of carbonyl (C=O) groups is 1. The Hall–Kier alpha value is -4.08. The summed E-state index contributed by atoms with van der Waals surface area (Å²) in [7, 11) is -0.341. The Morgan fingerprint density at radius 2 is 1.27 bits per heavy atom. The molecule has 0 amide bonds. The summed E-state index contributed by atoms with van der Waals surface area (Å²) in [4.78, 5) is 15.8. The number of benzene rings is 4. The number of rotatable bonds is 9. The zero-order chi connectivity index (χ0) is 29.5. The standard InChI is InChI=1S/C35H33F2O3S/c1-26-24-31(41(29-16-10-6-11-17-29)30-18-12-7-13-19-30)25-27(2)32(26)39-23-22-35(36,37)33(38)40-34(3,4)21-20-28-14-8-5-9-15-28/h5-19,24-25H,22-23H2,1-4H3/q+1. The van der Waals surface area contributed by atoms with E-state index in [-0.39, 0.29) is 17.5 Å². The van der Waals surface area contributed by atoms with E-state index in [4.69, 9.17) is 9.47 Å². The van der Waals surface area contributed by atoms with Crippen molar-refractivity contribution in [3.8, 4) is 17.6 Å². The van der Waals surface area contributed by atoms with Gasteiger partial charge in [-0.3, -0.25) is 0 Å². The van der Waals surface area contributed by atoms with Crippen LogP contribution in [0.25, 0.3) is 0 Å². The third-order valence-electron chi connectivity index (χ3n) is 6.22. The molecule has 0 heterocycles. The van der Waals surface area contributed by atoms with E-state index in [0.717, 1.165) is 16.0 Å². The number of carbonyl (C=O) groups excluding carboxylic acids is 1. The molecule has 0 N–H and O–H groups in total. The van der Waals surface area contributed by atoms with Crippen molar-refractivity contribution in [2.75, 3.05) is 6.61 Å². The van der Waals surface area contributed by atoms with Crippen molar-refractivity contribution in [2.24, 2.45) is 0 Å². The van der Waals surface area contributed by atoms with Gasteiger partial charge in [0.1, 0.15) is 5.75 Å². The second kappa shape index (κ2) is 13.1. The monoisotopic (exact) mass is 571 g/mol. The van der Waals surface area contributed by atoms with E-state index in [0.29, 0.717) is 11.3 Å². The minimum absolute atomic E-state index is 0.341. The average molecular weight is 572 g/mol. The summed E-state index contributed by atoms with van der Waals surface area (Å²) in [6.07, 6.45) is -0.812. The van der Waals surface area contributed by atoms with Crippen LogP contribution in [0.5, 0.6) is 5.75 Å². The van der Waals surface area contributed by atoms with Gasteiger partial charge in [0.2, 0.25) is 0 Å². The van der Waals surface area contributed by atoms with Crippen LogP contribution >= 0.6 is 0 Å². The lowest BCUT2D eigenvalue weighted by atomic mass is 10.1. The molecule has 4 rings (SSSR count). The predicted octanol–water partition coefficient (Wildman–Crippen LogP) is 8.18. The highest BCUT2D eigenvalue weighted by molar-refractivity contribution is 7.97. The highest BCUT2D eigenvalue weighted by atomic mass is 32.2. The van der Waals surface area contributed by atoms with Gasteiger partial charge in [-0.1, -0.05) is 66.4 Å². The highest BCUT2D eigenvalue weighted by Crippen LogP contribution is 2.35. The van der Waals surface area contributed by atoms with Crippen LogP contribution in [0.15, 0.2) is 118 Å².